The SMILES string of the molecule is CC(C)(C)c1ccc2c(c1)c1cc(C(C)(C)C)ccc1n2-c1c(C#N)c(-n2c3ccc(C(C)(C)C)cc3c3cc(C(C)(C)C)ccc32)c(-n2c3ccc(C(C)(C)C)cc3c3cc(C(C)(C)C)ccc32)c(-n2c3ccc(C(C)(C)C)cc3c3cc(C(C)(C)C)ccc32)c1-c1ccncc1. The number of nitrogens with zero attached hydrogens (tertiary/aromatic N) is 6. The smallest absolute Gasteiger partial charge is 0.104 e. The van der Waals surface area contributed by atoms with Crippen LogP contribution in [0.3, 0.4) is 0 Å². The number of fused-ring (bicyclic) bond motifs is 12. The molecule has 5 aromatic heterocycles. The lowest BCUT2D eigenvalue weighted by Gasteiger charge is -2.30. The van der Waals surface area contributed by atoms with Gasteiger partial charge in [0.25, 0.3) is 0 Å². The molecule has 5 heterocycles. The van der Waals surface area contributed by atoms with Crippen LogP contribution in [0.1, 0.15) is 216 Å². The number of hydrogen-bond acceptors (Lipinski definition) is 2. The van der Waals surface area contributed by atoms with Gasteiger partial charge in [-0.15, -0.1) is 0 Å². The average Bonchev–Trinajstić information content (AvgIpc) is 1.45. The number of pyridine rings is 1. The van der Waals surface area contributed by atoms with Gasteiger partial charge in [0.15, 0.2) is 0 Å². The summed E-state index contributed by atoms with van der Waals surface area (Å²) in [5, 5.41) is 22.8. The van der Waals surface area contributed by atoms with Crippen molar-refractivity contribution in [3.05, 3.63) is 220 Å². The van der Waals surface area contributed by atoms with Crippen molar-refractivity contribution < 1.29 is 0 Å². The van der Waals surface area contributed by atoms with Crippen LogP contribution in [-0.2, 0) is 43.3 Å². The predicted molar refractivity (Wildman–Crippen MR) is 421 cm³/mol. The molecular formula is C92H100N6. The van der Waals surface area contributed by atoms with Crippen molar-refractivity contribution in [3.8, 4) is 39.9 Å². The third-order valence-corrected chi connectivity index (χ3v) is 21.4. The number of hydrogen-bond donors (Lipinski definition) is 0. The van der Waals surface area contributed by atoms with Crippen molar-refractivity contribution in [1.82, 2.24) is 23.3 Å². The van der Waals surface area contributed by atoms with Crippen molar-refractivity contribution in [2.75, 3.05) is 0 Å². The third kappa shape index (κ3) is 10.7. The summed E-state index contributed by atoms with van der Waals surface area (Å²) in [7, 11) is 0. The highest BCUT2D eigenvalue weighted by molar-refractivity contribution is 6.18. The topological polar surface area (TPSA) is 56.4 Å². The Hall–Kier alpha value is -9.18. The zero-order chi connectivity index (χ0) is 70.4. The first kappa shape index (κ1) is 66.1. The lowest BCUT2D eigenvalue weighted by molar-refractivity contribution is 0.590. The maximum atomic E-state index is 13.5. The van der Waals surface area contributed by atoms with Gasteiger partial charge < -0.3 is 18.3 Å². The highest BCUT2D eigenvalue weighted by Gasteiger charge is 2.37. The van der Waals surface area contributed by atoms with Gasteiger partial charge >= 0.3 is 0 Å². The van der Waals surface area contributed by atoms with Gasteiger partial charge in [-0.1, -0.05) is 215 Å². The van der Waals surface area contributed by atoms with E-state index in [-0.39, 0.29) is 43.3 Å². The van der Waals surface area contributed by atoms with E-state index in [2.05, 4.69) is 348 Å². The Morgan fingerprint density at radius 2 is 0.439 bits per heavy atom. The highest BCUT2D eigenvalue weighted by atomic mass is 15.1. The summed E-state index contributed by atoms with van der Waals surface area (Å²) in [4.78, 5) is 4.83. The van der Waals surface area contributed by atoms with E-state index in [1.54, 1.807) is 0 Å². The minimum Gasteiger partial charge on any atom is -0.307 e. The van der Waals surface area contributed by atoms with E-state index in [4.69, 9.17) is 4.98 Å². The van der Waals surface area contributed by atoms with Crippen LogP contribution in [-0.4, -0.2) is 23.3 Å². The van der Waals surface area contributed by atoms with Gasteiger partial charge in [0.05, 0.1) is 66.9 Å². The molecule has 14 rings (SSSR count). The number of benzene rings is 9. The summed E-state index contributed by atoms with van der Waals surface area (Å²) in [6.45, 7) is 55.6. The zero-order valence-corrected chi connectivity index (χ0v) is 62.8. The maximum absolute atomic E-state index is 13.5. The second-order valence-electron chi connectivity index (χ2n) is 36.7. The predicted octanol–water partition coefficient (Wildman–Crippen LogP) is 25.4. The summed E-state index contributed by atoms with van der Waals surface area (Å²) in [6, 6.07) is 64.9. The molecule has 0 amide bonds. The molecule has 14 aromatic rings. The van der Waals surface area contributed by atoms with Gasteiger partial charge in [0.2, 0.25) is 0 Å². The average molecular weight is 1290 g/mol. The molecule has 0 fully saturated rings. The third-order valence-electron chi connectivity index (χ3n) is 21.4. The second kappa shape index (κ2) is 21.9. The standard InChI is InChI=1S/C92H100N6/c1-85(2,3)55-25-33-72-63(45-55)64-46-56(86(4,5)6)26-34-73(64)95(72)81-71(53-93)82(96-74-35-27-57(87(7,8)9)47-65(74)66-48-58(88(10,11)12)28-36-75(66)96)84(98-78-39-31-61(91(19,20)21)51-69(78)70-52-62(92(22,23)24)32-40-79(70)98)83(80(81)54-41-43-94-44-42-54)97-76-37-29-59(89(13,14)15)49-67(76)68-50-60(90(16,17)18)30-38-77(68)97/h25-52H,1-24H3. The van der Waals surface area contributed by atoms with Crippen molar-refractivity contribution in [2.45, 2.75) is 209 Å². The van der Waals surface area contributed by atoms with Crippen molar-refractivity contribution in [2.24, 2.45) is 0 Å². The molecule has 9 aromatic carbocycles. The monoisotopic (exact) mass is 1290 g/mol. The second-order valence-corrected chi connectivity index (χ2v) is 36.7. The molecule has 0 unspecified atom stereocenters. The van der Waals surface area contributed by atoms with E-state index >= 15 is 0 Å². The quantitative estimate of drug-likeness (QED) is 0.172. The van der Waals surface area contributed by atoms with Crippen LogP contribution in [0.4, 0.5) is 0 Å². The first-order chi connectivity index (χ1) is 45.6. The number of rotatable bonds is 5. The van der Waals surface area contributed by atoms with Crippen molar-refractivity contribution in [1.29, 1.82) is 5.26 Å². The van der Waals surface area contributed by atoms with Crippen LogP contribution >= 0.6 is 0 Å². The first-order valence-electron chi connectivity index (χ1n) is 35.6. The van der Waals surface area contributed by atoms with Crippen LogP contribution in [0.25, 0.3) is 121 Å². The van der Waals surface area contributed by atoms with E-state index < -0.39 is 0 Å². The van der Waals surface area contributed by atoms with Gasteiger partial charge in [-0.05, 0) is 203 Å². The molecule has 0 saturated carbocycles. The van der Waals surface area contributed by atoms with Gasteiger partial charge in [-0.3, -0.25) is 4.98 Å². The van der Waals surface area contributed by atoms with Crippen molar-refractivity contribution in [3.63, 3.8) is 0 Å². The van der Waals surface area contributed by atoms with Gasteiger partial charge in [0, 0.05) is 61.0 Å². The lowest BCUT2D eigenvalue weighted by atomic mass is 9.85. The largest absolute Gasteiger partial charge is 0.307 e. The van der Waals surface area contributed by atoms with Crippen LogP contribution < -0.4 is 0 Å². The van der Waals surface area contributed by atoms with Gasteiger partial charge in [0.1, 0.15) is 11.6 Å². The maximum Gasteiger partial charge on any atom is 0.104 e. The van der Waals surface area contributed by atoms with Crippen LogP contribution in [0.5, 0.6) is 0 Å². The first-order valence-corrected chi connectivity index (χ1v) is 35.6. The Kier molecular flexibility index (Phi) is 14.8. The van der Waals surface area contributed by atoms with Gasteiger partial charge in [-0.2, -0.15) is 5.26 Å². The molecule has 0 aliphatic carbocycles. The van der Waals surface area contributed by atoms with E-state index in [1.165, 1.54) is 55.3 Å². The Morgan fingerprint density at radius 1 is 0.245 bits per heavy atom. The summed E-state index contributed by atoms with van der Waals surface area (Å²) in [5.74, 6) is 0. The summed E-state index contributed by atoms with van der Waals surface area (Å²) < 4.78 is 10.2. The molecule has 0 aliphatic rings. The fourth-order valence-corrected chi connectivity index (χ4v) is 15.3. The minimum absolute atomic E-state index is 0.150. The molecule has 0 bridgehead atoms. The van der Waals surface area contributed by atoms with Crippen molar-refractivity contribution >= 4 is 87.2 Å². The van der Waals surface area contributed by atoms with E-state index in [1.807, 2.05) is 12.4 Å². The van der Waals surface area contributed by atoms with Crippen LogP contribution in [0, 0.1) is 11.3 Å². The molecule has 6 heteroatoms. The lowest BCUT2D eigenvalue weighted by Crippen LogP contribution is -2.17. The molecule has 6 nitrogen and oxygen atoms in total. The zero-order valence-electron chi connectivity index (χ0n) is 62.8. The molecule has 0 N–H and O–H groups in total. The molecule has 0 aliphatic heterocycles. The Bertz CT molecular complexity index is 5390. The fraction of sp³-hybridized carbons (Fsp3) is 0.348. The van der Waals surface area contributed by atoms with E-state index in [9.17, 15) is 5.26 Å². The Balaban J connectivity index is 1.37. The van der Waals surface area contributed by atoms with E-state index in [0.717, 1.165) is 110 Å². The fourth-order valence-electron chi connectivity index (χ4n) is 15.3. The molecule has 0 atom stereocenters. The summed E-state index contributed by atoms with van der Waals surface area (Å²) >= 11 is 0. The van der Waals surface area contributed by atoms with Crippen LogP contribution in [0.15, 0.2) is 170 Å². The molecular weight excluding hydrogens is 1190 g/mol. The van der Waals surface area contributed by atoms with Crippen LogP contribution in [0.2, 0.25) is 0 Å². The molecule has 0 saturated heterocycles. The van der Waals surface area contributed by atoms with Gasteiger partial charge in [-0.25, -0.2) is 0 Å². The number of aromatic nitrogens is 5. The van der Waals surface area contributed by atoms with E-state index in [0.29, 0.717) is 5.56 Å². The Labute approximate surface area is 582 Å². The molecule has 0 radical (unpaired) electrons. The molecule has 498 valence electrons. The minimum atomic E-state index is -0.160. The summed E-state index contributed by atoms with van der Waals surface area (Å²) in [5.41, 5.74) is 23.0. The Morgan fingerprint density at radius 3 is 0.643 bits per heavy atom. The number of nitriles is 1. The summed E-state index contributed by atoms with van der Waals surface area (Å²) in [6.07, 6.45) is 3.87. The molecule has 98 heavy (non-hydrogen) atoms. The normalized spacial score (nSPS) is 13.5. The molecule has 0 spiro atoms. The highest BCUT2D eigenvalue weighted by Crippen LogP contribution is 2.54.